The van der Waals surface area contributed by atoms with E-state index in [1.165, 1.54) is 12.8 Å². The first-order chi connectivity index (χ1) is 8.17. The van der Waals surface area contributed by atoms with Crippen molar-refractivity contribution in [3.8, 4) is 0 Å². The van der Waals surface area contributed by atoms with E-state index in [1.807, 2.05) is 0 Å². The van der Waals surface area contributed by atoms with Gasteiger partial charge in [0.05, 0.1) is 0 Å². The van der Waals surface area contributed by atoms with Gasteiger partial charge in [-0.3, -0.25) is 0 Å². The summed E-state index contributed by atoms with van der Waals surface area (Å²) in [7, 11) is 1.63. The van der Waals surface area contributed by atoms with Crippen molar-refractivity contribution in [2.75, 3.05) is 7.11 Å². The molecule has 2 heterocycles. The van der Waals surface area contributed by atoms with Gasteiger partial charge in [-0.2, -0.15) is 0 Å². The Labute approximate surface area is 122 Å². The fourth-order valence-electron chi connectivity index (χ4n) is 2.33. The van der Waals surface area contributed by atoms with E-state index in [9.17, 15) is 4.79 Å². The van der Waals surface area contributed by atoms with Crippen LogP contribution in [0.2, 0.25) is 0 Å². The molecule has 2 saturated heterocycles. The van der Waals surface area contributed by atoms with Gasteiger partial charge in [-0.1, -0.05) is 0 Å². The second-order valence-electron chi connectivity index (χ2n) is 4.63. The van der Waals surface area contributed by atoms with E-state index in [2.05, 4.69) is 29.7 Å². The van der Waals surface area contributed by atoms with Crippen molar-refractivity contribution in [3.05, 3.63) is 0 Å². The van der Waals surface area contributed by atoms with Crippen LogP contribution in [0.4, 0.5) is 0 Å². The van der Waals surface area contributed by atoms with Crippen molar-refractivity contribution >= 4 is 48.9 Å². The van der Waals surface area contributed by atoms with Crippen LogP contribution in [0.5, 0.6) is 0 Å². The van der Waals surface area contributed by atoms with E-state index in [1.54, 1.807) is 7.11 Å². The fraction of sp³-hybridized carbons (Fsp3) is 0.900. The number of carbonyl (C=O) groups is 1. The molecule has 1 saturated carbocycles. The fourth-order valence-corrected chi connectivity index (χ4v) is 9.72. The topological polar surface area (TPSA) is 79.4 Å². The van der Waals surface area contributed by atoms with Crippen LogP contribution in [0.15, 0.2) is 0 Å². The summed E-state index contributed by atoms with van der Waals surface area (Å²) < 4.78 is 17.4. The standard InChI is InChI=1S/C10H16I2N2O3/c1-16-9(6-4-2-3-5-6)17-8(15)7(11)10-12(13-10)14-10/h6-7,9,13-14H,2-5H2,1H3. The molecule has 0 radical (unpaired) electrons. The molecule has 0 aromatic carbocycles. The van der Waals surface area contributed by atoms with Crippen molar-refractivity contribution in [1.82, 2.24) is 7.06 Å². The first kappa shape index (κ1) is 12.8. The molecule has 2 unspecified atom stereocenters. The molecule has 3 fully saturated rings. The number of methoxy groups -OCH3 is 1. The molecule has 3 aliphatic rings. The van der Waals surface area contributed by atoms with Crippen LogP contribution in [0.25, 0.3) is 0 Å². The zero-order chi connectivity index (χ0) is 12.0. The monoisotopic (exact) mass is 466 g/mol. The van der Waals surface area contributed by atoms with Crippen molar-refractivity contribution in [2.45, 2.75) is 39.6 Å². The van der Waals surface area contributed by atoms with Crippen molar-refractivity contribution in [3.63, 3.8) is 0 Å². The molecular weight excluding hydrogens is 450 g/mol. The number of fused-ring (bicyclic) bond motifs is 1. The number of ether oxygens (including phenoxy) is 2. The third-order valence-corrected chi connectivity index (χ3v) is 10.7. The minimum atomic E-state index is -1.06. The molecule has 0 aromatic rings. The predicted octanol–water partition coefficient (Wildman–Crippen LogP) is 1.69. The van der Waals surface area contributed by atoms with Crippen LogP contribution in [-0.4, -0.2) is 27.0 Å². The van der Waals surface area contributed by atoms with Crippen LogP contribution in [0, 0.1) is 5.92 Å². The summed E-state index contributed by atoms with van der Waals surface area (Å²) in [6, 6.07) is 0. The van der Waals surface area contributed by atoms with Crippen molar-refractivity contribution in [1.29, 1.82) is 0 Å². The first-order valence-corrected chi connectivity index (χ1v) is 10.3. The van der Waals surface area contributed by atoms with Gasteiger partial charge in [0.1, 0.15) is 0 Å². The van der Waals surface area contributed by atoms with Crippen molar-refractivity contribution in [2.24, 2.45) is 5.92 Å². The molecule has 1 aliphatic carbocycles. The number of hydrogen-bond donors (Lipinski definition) is 2. The molecule has 2 aliphatic heterocycles. The van der Waals surface area contributed by atoms with E-state index in [-0.39, 0.29) is 19.9 Å². The number of esters is 1. The number of rotatable bonds is 5. The quantitative estimate of drug-likeness (QED) is 0.123. The second kappa shape index (κ2) is 4.73. The summed E-state index contributed by atoms with van der Waals surface area (Å²) in [6.07, 6.45) is 4.31. The van der Waals surface area contributed by atoms with Gasteiger partial charge < -0.3 is 0 Å². The molecule has 0 spiro atoms. The Morgan fingerprint density at radius 3 is 2.53 bits per heavy atom. The second-order valence-corrected chi connectivity index (χ2v) is 10.3. The van der Waals surface area contributed by atoms with E-state index in [0.717, 1.165) is 12.8 Å². The molecule has 0 amide bonds. The number of halogens is 2. The van der Waals surface area contributed by atoms with Gasteiger partial charge in [0, 0.05) is 0 Å². The van der Waals surface area contributed by atoms with Crippen LogP contribution in [0.1, 0.15) is 25.7 Å². The third-order valence-electron chi connectivity index (χ3n) is 3.50. The molecule has 5 nitrogen and oxygen atoms in total. The molecule has 0 aromatic heterocycles. The summed E-state index contributed by atoms with van der Waals surface area (Å²) in [5.74, 6) is 0.251. The zero-order valence-electron chi connectivity index (χ0n) is 9.54. The Balaban J connectivity index is 1.54. The number of hydrogen-bond acceptors (Lipinski definition) is 5. The Morgan fingerprint density at radius 1 is 1.47 bits per heavy atom. The van der Waals surface area contributed by atoms with Gasteiger partial charge in [-0.05, 0) is 0 Å². The Hall–Kier alpha value is 0.810. The molecule has 2 N–H and O–H groups in total. The summed E-state index contributed by atoms with van der Waals surface area (Å²) >= 11 is 1.12. The average molecular weight is 466 g/mol. The van der Waals surface area contributed by atoms with Crippen LogP contribution in [0.3, 0.4) is 0 Å². The van der Waals surface area contributed by atoms with Gasteiger partial charge in [0.2, 0.25) is 0 Å². The Morgan fingerprint density at radius 2 is 2.06 bits per heavy atom. The minimum absolute atomic E-state index is 0.00443. The van der Waals surface area contributed by atoms with Gasteiger partial charge >= 0.3 is 123 Å². The first-order valence-electron chi connectivity index (χ1n) is 5.80. The van der Waals surface area contributed by atoms with Gasteiger partial charge in [0.25, 0.3) is 0 Å². The van der Waals surface area contributed by atoms with Crippen LogP contribution >= 0.6 is 43.0 Å². The third kappa shape index (κ3) is 2.33. The number of nitrogens with one attached hydrogen (secondary N) is 2. The van der Waals surface area contributed by atoms with E-state index >= 15 is 0 Å². The molecule has 2 atom stereocenters. The summed E-state index contributed by atoms with van der Waals surface area (Å²) in [4.78, 5) is 12.0. The SMILES string of the molecule is COC(OC(=O)C(I)C12NI1N2)C1CCCC1. The molecule has 0 bridgehead atoms. The van der Waals surface area contributed by atoms with E-state index in [4.69, 9.17) is 9.47 Å². The molecule has 3 rings (SSSR count). The molecule has 17 heavy (non-hydrogen) atoms. The predicted molar refractivity (Wildman–Crippen MR) is 79.7 cm³/mol. The van der Waals surface area contributed by atoms with E-state index < -0.39 is 20.4 Å². The maximum atomic E-state index is 12.0. The Kier molecular flexibility index (Phi) is 3.57. The molecule has 7 heteroatoms. The molecule has 98 valence electrons. The average Bonchev–Trinajstić information content (AvgIpc) is 3.10. The van der Waals surface area contributed by atoms with Gasteiger partial charge in [0.15, 0.2) is 0 Å². The van der Waals surface area contributed by atoms with E-state index in [0.29, 0.717) is 5.92 Å². The number of carbonyl (C=O) groups excluding carboxylic acids is 1. The number of alkyl halides is 2. The summed E-state index contributed by atoms with van der Waals surface area (Å²) in [6.45, 7) is 0. The summed E-state index contributed by atoms with van der Waals surface area (Å²) in [5, 5.41) is 0. The normalized spacial score (nSPS) is 30.6. The van der Waals surface area contributed by atoms with Gasteiger partial charge in [-0.15, -0.1) is 0 Å². The maximum absolute atomic E-state index is 12.0. The summed E-state index contributed by atoms with van der Waals surface area (Å²) in [5.41, 5.74) is 0. The van der Waals surface area contributed by atoms with Crippen LogP contribution in [-0.2, 0) is 14.3 Å². The van der Waals surface area contributed by atoms with Gasteiger partial charge in [-0.25, -0.2) is 0 Å². The molecular formula is C10H16I2N2O3. The van der Waals surface area contributed by atoms with Crippen molar-refractivity contribution < 1.29 is 14.3 Å². The Bertz CT molecular complexity index is 330. The van der Waals surface area contributed by atoms with Crippen LogP contribution < -0.4 is 7.06 Å². The zero-order valence-corrected chi connectivity index (χ0v) is 13.9.